The molecular formula is C15H17NO. The fraction of sp³-hybridized carbons (Fsp3) is 0.267. The van der Waals surface area contributed by atoms with E-state index >= 15 is 0 Å². The summed E-state index contributed by atoms with van der Waals surface area (Å²) in [5, 5.41) is 5.40. The predicted molar refractivity (Wildman–Crippen MR) is 70.9 cm³/mol. The molecule has 2 nitrogen and oxygen atoms in total. The Kier molecular flexibility index (Phi) is 3.43. The lowest BCUT2D eigenvalue weighted by molar-refractivity contribution is -0.119. The summed E-state index contributed by atoms with van der Waals surface area (Å²) in [5.74, 6) is 0.0262. The van der Waals surface area contributed by atoms with Crippen LogP contribution >= 0.6 is 0 Å². The van der Waals surface area contributed by atoms with Crippen LogP contribution in [0.5, 0.6) is 0 Å². The van der Waals surface area contributed by atoms with Gasteiger partial charge in [-0.3, -0.25) is 4.79 Å². The maximum atomic E-state index is 10.9. The van der Waals surface area contributed by atoms with Crippen LogP contribution in [0, 0.1) is 0 Å². The van der Waals surface area contributed by atoms with Gasteiger partial charge in [-0.25, -0.2) is 0 Å². The Hall–Kier alpha value is -1.83. The molecule has 0 aliphatic rings. The van der Waals surface area contributed by atoms with Crippen LogP contribution in [0.2, 0.25) is 0 Å². The molecule has 88 valence electrons. The van der Waals surface area contributed by atoms with E-state index in [2.05, 4.69) is 35.6 Å². The molecule has 1 unspecified atom stereocenters. The summed E-state index contributed by atoms with van der Waals surface area (Å²) in [6.45, 7) is 3.58. The Balaban J connectivity index is 2.16. The van der Waals surface area contributed by atoms with Crippen LogP contribution in [0.3, 0.4) is 0 Å². The normalized spacial score (nSPS) is 12.4. The first kappa shape index (κ1) is 11.6. The molecule has 0 radical (unpaired) electrons. The Labute approximate surface area is 102 Å². The van der Waals surface area contributed by atoms with Crippen molar-refractivity contribution in [2.75, 3.05) is 0 Å². The van der Waals surface area contributed by atoms with E-state index in [1.165, 1.54) is 16.3 Å². The summed E-state index contributed by atoms with van der Waals surface area (Å²) in [6.07, 6.45) is 0.865. The molecule has 2 heteroatoms. The maximum absolute atomic E-state index is 10.9. The average molecular weight is 227 g/mol. The molecule has 0 spiro atoms. The molecule has 2 aromatic carbocycles. The van der Waals surface area contributed by atoms with Gasteiger partial charge in [0.25, 0.3) is 0 Å². The van der Waals surface area contributed by atoms with Crippen LogP contribution in [-0.2, 0) is 11.2 Å². The van der Waals surface area contributed by atoms with E-state index < -0.39 is 0 Å². The Morgan fingerprint density at radius 3 is 2.59 bits per heavy atom. The van der Waals surface area contributed by atoms with Crippen molar-refractivity contribution >= 4 is 16.7 Å². The van der Waals surface area contributed by atoms with E-state index in [1.54, 1.807) is 6.92 Å². The third-order valence-corrected chi connectivity index (χ3v) is 2.81. The average Bonchev–Trinajstić information content (AvgIpc) is 2.27. The summed E-state index contributed by atoms with van der Waals surface area (Å²) in [5.41, 5.74) is 1.25. The van der Waals surface area contributed by atoms with E-state index in [-0.39, 0.29) is 11.9 Å². The van der Waals surface area contributed by atoms with Gasteiger partial charge in [0.1, 0.15) is 0 Å². The monoisotopic (exact) mass is 227 g/mol. The fourth-order valence-corrected chi connectivity index (χ4v) is 2.12. The zero-order valence-corrected chi connectivity index (χ0v) is 10.2. The second kappa shape index (κ2) is 5.00. The minimum absolute atomic E-state index is 0.0262. The van der Waals surface area contributed by atoms with E-state index in [1.807, 2.05) is 19.1 Å². The summed E-state index contributed by atoms with van der Waals surface area (Å²) in [4.78, 5) is 10.9. The maximum Gasteiger partial charge on any atom is 0.217 e. The first-order valence-corrected chi connectivity index (χ1v) is 5.90. The van der Waals surface area contributed by atoms with Crippen LogP contribution < -0.4 is 5.32 Å². The number of nitrogens with one attached hydrogen (secondary N) is 1. The van der Waals surface area contributed by atoms with E-state index in [0.29, 0.717) is 0 Å². The highest BCUT2D eigenvalue weighted by atomic mass is 16.1. The zero-order chi connectivity index (χ0) is 12.3. The standard InChI is InChI=1S/C15H17NO/c1-11(16-12(2)17)9-13-7-8-14-5-3-4-6-15(14)10-13/h3-8,10-11H,9H2,1-2H3,(H,16,17). The third-order valence-electron chi connectivity index (χ3n) is 2.81. The van der Waals surface area contributed by atoms with Crippen molar-refractivity contribution in [2.24, 2.45) is 0 Å². The van der Waals surface area contributed by atoms with Crippen molar-refractivity contribution in [3.05, 3.63) is 48.0 Å². The number of carbonyl (C=O) groups is 1. The lowest BCUT2D eigenvalue weighted by Crippen LogP contribution is -2.31. The number of benzene rings is 2. The molecule has 0 aliphatic carbocycles. The van der Waals surface area contributed by atoms with Crippen LogP contribution in [-0.4, -0.2) is 11.9 Å². The number of amides is 1. The fourth-order valence-electron chi connectivity index (χ4n) is 2.12. The van der Waals surface area contributed by atoms with Crippen molar-refractivity contribution in [1.29, 1.82) is 0 Å². The minimum atomic E-state index is 0.0262. The lowest BCUT2D eigenvalue weighted by Gasteiger charge is -2.12. The van der Waals surface area contributed by atoms with Gasteiger partial charge in [0.05, 0.1) is 0 Å². The first-order valence-electron chi connectivity index (χ1n) is 5.90. The van der Waals surface area contributed by atoms with Gasteiger partial charge in [-0.15, -0.1) is 0 Å². The Bertz CT molecular complexity index is 533. The topological polar surface area (TPSA) is 29.1 Å². The van der Waals surface area contributed by atoms with Crippen molar-refractivity contribution in [3.63, 3.8) is 0 Å². The van der Waals surface area contributed by atoms with Crippen LogP contribution in [0.1, 0.15) is 19.4 Å². The highest BCUT2D eigenvalue weighted by Crippen LogP contribution is 2.16. The molecule has 0 aliphatic heterocycles. The lowest BCUT2D eigenvalue weighted by atomic mass is 10.0. The zero-order valence-electron chi connectivity index (χ0n) is 10.2. The SMILES string of the molecule is CC(=O)NC(C)Cc1ccc2ccccc2c1. The number of rotatable bonds is 3. The molecule has 0 bridgehead atoms. The molecular weight excluding hydrogens is 210 g/mol. The molecule has 0 heterocycles. The first-order chi connectivity index (χ1) is 8.15. The molecule has 17 heavy (non-hydrogen) atoms. The van der Waals surface area contributed by atoms with Crippen molar-refractivity contribution in [2.45, 2.75) is 26.3 Å². The number of carbonyl (C=O) groups excluding carboxylic acids is 1. The quantitative estimate of drug-likeness (QED) is 0.858. The molecule has 2 aromatic rings. The number of fused-ring (bicyclic) bond motifs is 1. The molecule has 1 N–H and O–H groups in total. The van der Waals surface area contributed by atoms with Crippen LogP contribution in [0.4, 0.5) is 0 Å². The summed E-state index contributed by atoms with van der Waals surface area (Å²) >= 11 is 0. The van der Waals surface area contributed by atoms with Gasteiger partial charge >= 0.3 is 0 Å². The van der Waals surface area contributed by atoms with E-state index in [4.69, 9.17) is 0 Å². The van der Waals surface area contributed by atoms with Crippen LogP contribution in [0.25, 0.3) is 10.8 Å². The second-order valence-corrected chi connectivity index (χ2v) is 4.49. The molecule has 1 atom stereocenters. The van der Waals surface area contributed by atoms with Gasteiger partial charge in [0.15, 0.2) is 0 Å². The second-order valence-electron chi connectivity index (χ2n) is 4.49. The molecule has 0 fully saturated rings. The molecule has 2 rings (SSSR count). The van der Waals surface area contributed by atoms with Crippen molar-refractivity contribution < 1.29 is 4.79 Å². The van der Waals surface area contributed by atoms with Crippen LogP contribution in [0.15, 0.2) is 42.5 Å². The smallest absolute Gasteiger partial charge is 0.217 e. The van der Waals surface area contributed by atoms with E-state index in [0.717, 1.165) is 6.42 Å². The van der Waals surface area contributed by atoms with Gasteiger partial charge in [-0.1, -0.05) is 42.5 Å². The number of hydrogen-bond donors (Lipinski definition) is 1. The summed E-state index contributed by atoms with van der Waals surface area (Å²) in [6, 6.07) is 14.9. The molecule has 0 saturated heterocycles. The largest absolute Gasteiger partial charge is 0.354 e. The Morgan fingerprint density at radius 2 is 1.88 bits per heavy atom. The summed E-state index contributed by atoms with van der Waals surface area (Å²) in [7, 11) is 0. The predicted octanol–water partition coefficient (Wildman–Crippen LogP) is 2.91. The van der Waals surface area contributed by atoms with Crippen molar-refractivity contribution in [3.8, 4) is 0 Å². The summed E-state index contributed by atoms with van der Waals surface area (Å²) < 4.78 is 0. The van der Waals surface area contributed by atoms with Gasteiger partial charge in [-0.2, -0.15) is 0 Å². The minimum Gasteiger partial charge on any atom is -0.354 e. The molecule has 1 amide bonds. The van der Waals surface area contributed by atoms with Crippen molar-refractivity contribution in [1.82, 2.24) is 5.32 Å². The molecule has 0 saturated carbocycles. The van der Waals surface area contributed by atoms with Gasteiger partial charge in [-0.05, 0) is 29.7 Å². The highest BCUT2D eigenvalue weighted by molar-refractivity contribution is 5.83. The molecule has 0 aromatic heterocycles. The third kappa shape index (κ3) is 3.06. The Morgan fingerprint density at radius 1 is 1.18 bits per heavy atom. The number of hydrogen-bond acceptors (Lipinski definition) is 1. The van der Waals surface area contributed by atoms with Gasteiger partial charge in [0, 0.05) is 13.0 Å². The highest BCUT2D eigenvalue weighted by Gasteiger charge is 2.05. The van der Waals surface area contributed by atoms with E-state index in [9.17, 15) is 4.79 Å². The van der Waals surface area contributed by atoms with Gasteiger partial charge < -0.3 is 5.32 Å². The van der Waals surface area contributed by atoms with Gasteiger partial charge in [0.2, 0.25) is 5.91 Å².